The van der Waals surface area contributed by atoms with Crippen molar-refractivity contribution >= 4 is 27.3 Å². The molecule has 0 atom stereocenters. The molecule has 1 heterocycles. The molecule has 0 amide bonds. The number of anilines is 1. The van der Waals surface area contributed by atoms with Crippen molar-refractivity contribution in [1.29, 1.82) is 0 Å². The Morgan fingerprint density at radius 3 is 2.67 bits per heavy atom. The van der Waals surface area contributed by atoms with Crippen molar-refractivity contribution in [3.05, 3.63) is 52.3 Å². The largest absolute Gasteiger partial charge is 0.397 e. The number of pyridine rings is 1. The first-order chi connectivity index (χ1) is 9.81. The van der Waals surface area contributed by atoms with Gasteiger partial charge in [0.2, 0.25) is 10.0 Å². The number of halogens is 1. The molecule has 0 saturated carbocycles. The molecule has 7 heteroatoms. The van der Waals surface area contributed by atoms with Crippen LogP contribution in [0.3, 0.4) is 0 Å². The highest BCUT2D eigenvalue weighted by Gasteiger charge is 2.18. The van der Waals surface area contributed by atoms with E-state index in [0.29, 0.717) is 16.3 Å². The zero-order chi connectivity index (χ0) is 15.6. The van der Waals surface area contributed by atoms with E-state index in [4.69, 9.17) is 17.3 Å². The van der Waals surface area contributed by atoms with Gasteiger partial charge in [-0.3, -0.25) is 4.98 Å². The van der Waals surface area contributed by atoms with Gasteiger partial charge < -0.3 is 5.73 Å². The highest BCUT2D eigenvalue weighted by Crippen LogP contribution is 2.26. The number of aryl methyl sites for hydroxylation is 2. The molecule has 0 spiro atoms. The van der Waals surface area contributed by atoms with Crippen molar-refractivity contribution in [3.8, 4) is 0 Å². The van der Waals surface area contributed by atoms with Gasteiger partial charge in [0.15, 0.2) is 0 Å². The molecule has 0 radical (unpaired) electrons. The first kappa shape index (κ1) is 15.8. The van der Waals surface area contributed by atoms with Crippen LogP contribution in [-0.2, 0) is 16.6 Å². The second-order valence-corrected chi connectivity index (χ2v) is 6.87. The number of hydrogen-bond acceptors (Lipinski definition) is 4. The lowest BCUT2D eigenvalue weighted by Gasteiger charge is -2.11. The molecule has 1 aromatic carbocycles. The number of nitrogens with zero attached hydrogens (tertiary/aromatic N) is 1. The number of nitrogens with one attached hydrogen (secondary N) is 1. The maximum absolute atomic E-state index is 12.4. The van der Waals surface area contributed by atoms with E-state index < -0.39 is 10.0 Å². The Hall–Kier alpha value is -1.63. The fourth-order valence-electron chi connectivity index (χ4n) is 1.90. The van der Waals surface area contributed by atoms with Gasteiger partial charge in [-0.2, -0.15) is 0 Å². The molecular formula is C14H16ClN3O2S. The number of rotatable bonds is 4. The van der Waals surface area contributed by atoms with Gasteiger partial charge in [-0.25, -0.2) is 13.1 Å². The zero-order valence-corrected chi connectivity index (χ0v) is 13.3. The number of nitrogen functional groups attached to an aromatic ring is 1. The van der Waals surface area contributed by atoms with E-state index in [-0.39, 0.29) is 17.1 Å². The van der Waals surface area contributed by atoms with E-state index >= 15 is 0 Å². The number of sulfonamides is 1. The predicted octanol–water partition coefficient (Wildman–Crippen LogP) is 2.41. The average Bonchev–Trinajstić information content (AvgIpc) is 2.42. The first-order valence-corrected chi connectivity index (χ1v) is 8.13. The van der Waals surface area contributed by atoms with Crippen LogP contribution < -0.4 is 10.5 Å². The summed E-state index contributed by atoms with van der Waals surface area (Å²) in [6.07, 6.45) is 1.63. The van der Waals surface area contributed by atoms with Crippen LogP contribution in [-0.4, -0.2) is 13.4 Å². The molecule has 21 heavy (non-hydrogen) atoms. The van der Waals surface area contributed by atoms with Crippen molar-refractivity contribution in [2.45, 2.75) is 25.3 Å². The summed E-state index contributed by atoms with van der Waals surface area (Å²) in [7, 11) is -3.67. The van der Waals surface area contributed by atoms with Gasteiger partial charge in [-0.05, 0) is 43.2 Å². The van der Waals surface area contributed by atoms with Crippen molar-refractivity contribution < 1.29 is 8.42 Å². The number of benzene rings is 1. The molecule has 0 aliphatic heterocycles. The van der Waals surface area contributed by atoms with Crippen LogP contribution >= 0.6 is 11.6 Å². The molecular weight excluding hydrogens is 310 g/mol. The third-order valence-corrected chi connectivity index (χ3v) is 5.00. The van der Waals surface area contributed by atoms with E-state index in [1.807, 2.05) is 13.0 Å². The van der Waals surface area contributed by atoms with Crippen LogP contribution in [0, 0.1) is 13.8 Å². The van der Waals surface area contributed by atoms with Crippen molar-refractivity contribution in [2.75, 3.05) is 5.73 Å². The second-order valence-electron chi connectivity index (χ2n) is 4.73. The molecule has 112 valence electrons. The highest BCUT2D eigenvalue weighted by molar-refractivity contribution is 7.89. The summed E-state index contributed by atoms with van der Waals surface area (Å²) in [6.45, 7) is 3.67. The van der Waals surface area contributed by atoms with Gasteiger partial charge in [-0.1, -0.05) is 17.7 Å². The molecule has 0 unspecified atom stereocenters. The number of aromatic nitrogens is 1. The van der Waals surface area contributed by atoms with E-state index in [9.17, 15) is 8.42 Å². The maximum Gasteiger partial charge on any atom is 0.241 e. The minimum Gasteiger partial charge on any atom is -0.397 e. The fourth-order valence-corrected chi connectivity index (χ4v) is 3.37. The predicted molar refractivity (Wildman–Crippen MR) is 83.6 cm³/mol. The van der Waals surface area contributed by atoms with Crippen LogP contribution in [0.15, 0.2) is 35.4 Å². The fraction of sp³-hybridized carbons (Fsp3) is 0.214. The molecule has 5 nitrogen and oxygen atoms in total. The third-order valence-electron chi connectivity index (χ3n) is 3.13. The number of hydrogen-bond donors (Lipinski definition) is 2. The molecule has 0 saturated heterocycles. The van der Waals surface area contributed by atoms with Gasteiger partial charge in [0.1, 0.15) is 0 Å². The van der Waals surface area contributed by atoms with Gasteiger partial charge >= 0.3 is 0 Å². The first-order valence-electron chi connectivity index (χ1n) is 6.27. The minimum atomic E-state index is -3.67. The second kappa shape index (κ2) is 6.01. The molecule has 2 aromatic rings. The average molecular weight is 326 g/mol. The lowest BCUT2D eigenvalue weighted by Crippen LogP contribution is -2.25. The van der Waals surface area contributed by atoms with Crippen LogP contribution in [0.25, 0.3) is 0 Å². The van der Waals surface area contributed by atoms with Gasteiger partial charge in [0, 0.05) is 6.20 Å². The van der Waals surface area contributed by atoms with E-state index in [1.54, 1.807) is 19.2 Å². The van der Waals surface area contributed by atoms with E-state index in [1.165, 1.54) is 12.1 Å². The lowest BCUT2D eigenvalue weighted by atomic mass is 10.2. The SMILES string of the molecule is Cc1cc(Cl)c(N)cc1S(=O)(=O)NCc1ncccc1C. The molecule has 0 bridgehead atoms. The lowest BCUT2D eigenvalue weighted by molar-refractivity contribution is 0.579. The molecule has 0 aliphatic carbocycles. The summed E-state index contributed by atoms with van der Waals surface area (Å²) in [6, 6.07) is 6.59. The molecule has 3 N–H and O–H groups in total. The van der Waals surface area contributed by atoms with Gasteiger partial charge in [-0.15, -0.1) is 0 Å². The van der Waals surface area contributed by atoms with Gasteiger partial charge in [0.05, 0.1) is 27.8 Å². The molecule has 2 rings (SSSR count). The zero-order valence-electron chi connectivity index (χ0n) is 11.7. The van der Waals surface area contributed by atoms with E-state index in [2.05, 4.69) is 9.71 Å². The van der Waals surface area contributed by atoms with Crippen LogP contribution in [0.4, 0.5) is 5.69 Å². The monoisotopic (exact) mass is 325 g/mol. The summed E-state index contributed by atoms with van der Waals surface area (Å²) in [5, 5.41) is 0.340. The van der Waals surface area contributed by atoms with Crippen molar-refractivity contribution in [1.82, 2.24) is 9.71 Å². The topological polar surface area (TPSA) is 85.1 Å². The Labute approximate surface area is 129 Å². The molecule has 1 aromatic heterocycles. The standard InChI is InChI=1S/C14H16ClN3O2S/c1-9-4-3-5-17-13(9)8-18-21(19,20)14-7-12(16)11(15)6-10(14)2/h3-7,18H,8,16H2,1-2H3. The van der Waals surface area contributed by atoms with Crippen LogP contribution in [0.1, 0.15) is 16.8 Å². The summed E-state index contributed by atoms with van der Waals surface area (Å²) < 4.78 is 27.3. The van der Waals surface area contributed by atoms with Crippen LogP contribution in [0.2, 0.25) is 5.02 Å². The Balaban J connectivity index is 2.27. The Bertz CT molecular complexity index is 776. The summed E-state index contributed by atoms with van der Waals surface area (Å²) >= 11 is 5.88. The van der Waals surface area contributed by atoms with E-state index in [0.717, 1.165) is 5.56 Å². The Morgan fingerprint density at radius 2 is 2.00 bits per heavy atom. The smallest absolute Gasteiger partial charge is 0.241 e. The molecule has 0 fully saturated rings. The van der Waals surface area contributed by atoms with Crippen molar-refractivity contribution in [3.63, 3.8) is 0 Å². The maximum atomic E-state index is 12.4. The number of nitrogens with two attached hydrogens (primary N) is 1. The summed E-state index contributed by atoms with van der Waals surface area (Å²) in [4.78, 5) is 4.28. The quantitative estimate of drug-likeness (QED) is 0.845. The van der Waals surface area contributed by atoms with Crippen molar-refractivity contribution in [2.24, 2.45) is 0 Å². The van der Waals surface area contributed by atoms with Gasteiger partial charge in [0.25, 0.3) is 0 Å². The summed E-state index contributed by atoms with van der Waals surface area (Å²) in [5.74, 6) is 0. The molecule has 0 aliphatic rings. The Kier molecular flexibility index (Phi) is 4.51. The highest BCUT2D eigenvalue weighted by atomic mass is 35.5. The third kappa shape index (κ3) is 3.53. The minimum absolute atomic E-state index is 0.122. The Morgan fingerprint density at radius 1 is 1.29 bits per heavy atom. The normalized spacial score (nSPS) is 11.6. The summed E-state index contributed by atoms with van der Waals surface area (Å²) in [5.41, 5.74) is 8.06. The van der Waals surface area contributed by atoms with Crippen LogP contribution in [0.5, 0.6) is 0 Å².